The molecule has 138 valence electrons. The van der Waals surface area contributed by atoms with E-state index in [0.29, 0.717) is 5.75 Å². The average Bonchev–Trinajstić information content (AvgIpc) is 2.64. The highest BCUT2D eigenvalue weighted by molar-refractivity contribution is 6.04. The van der Waals surface area contributed by atoms with Gasteiger partial charge >= 0.3 is 11.7 Å². The van der Waals surface area contributed by atoms with Crippen molar-refractivity contribution in [1.82, 2.24) is 9.13 Å². The fraction of sp³-hybridized carbons (Fsp3) is 0.294. The van der Waals surface area contributed by atoms with Crippen molar-refractivity contribution < 1.29 is 19.1 Å². The van der Waals surface area contributed by atoms with Gasteiger partial charge in [-0.25, -0.2) is 9.59 Å². The molecule has 26 heavy (non-hydrogen) atoms. The Balaban J connectivity index is 2.32. The molecule has 1 aromatic carbocycles. The van der Waals surface area contributed by atoms with Crippen LogP contribution in [0, 0.1) is 0 Å². The van der Waals surface area contributed by atoms with Crippen LogP contribution in [0.1, 0.15) is 27.6 Å². The van der Waals surface area contributed by atoms with Crippen molar-refractivity contribution in [2.45, 2.75) is 13.0 Å². The summed E-state index contributed by atoms with van der Waals surface area (Å²) in [5.74, 6) is -1.39. The zero-order valence-corrected chi connectivity index (χ0v) is 14.8. The van der Waals surface area contributed by atoms with Gasteiger partial charge in [0.15, 0.2) is 6.10 Å². The Labute approximate surface area is 148 Å². The van der Waals surface area contributed by atoms with Crippen LogP contribution in [0.4, 0.5) is 5.82 Å². The molecule has 0 aliphatic heterocycles. The molecule has 0 aliphatic carbocycles. The molecule has 2 aromatic rings. The minimum Gasteiger partial charge on any atom is -0.497 e. The first-order valence-electron chi connectivity index (χ1n) is 7.63. The Morgan fingerprint density at radius 3 is 2.42 bits per heavy atom. The van der Waals surface area contributed by atoms with Gasteiger partial charge in [-0.3, -0.25) is 18.7 Å². The molecule has 1 atom stereocenters. The molecule has 0 saturated heterocycles. The van der Waals surface area contributed by atoms with Crippen LogP contribution in [0.25, 0.3) is 0 Å². The summed E-state index contributed by atoms with van der Waals surface area (Å²) in [6.45, 7) is 1.32. The van der Waals surface area contributed by atoms with Gasteiger partial charge in [0.05, 0.1) is 12.7 Å². The SMILES string of the molecule is COc1cccc(C(=O)OC(C)C(=O)c2c(N)n(C)c(=O)n(C)c2=O)c1. The van der Waals surface area contributed by atoms with Gasteiger partial charge in [-0.2, -0.15) is 0 Å². The summed E-state index contributed by atoms with van der Waals surface area (Å²) in [6.07, 6.45) is -1.28. The number of hydrogen-bond acceptors (Lipinski definition) is 7. The van der Waals surface area contributed by atoms with Gasteiger partial charge in [0, 0.05) is 14.1 Å². The van der Waals surface area contributed by atoms with E-state index in [1.54, 1.807) is 12.1 Å². The molecular weight excluding hydrogens is 342 g/mol. The number of aromatic nitrogens is 2. The van der Waals surface area contributed by atoms with E-state index in [-0.39, 0.29) is 11.4 Å². The first-order valence-corrected chi connectivity index (χ1v) is 7.63. The number of esters is 1. The van der Waals surface area contributed by atoms with Crippen molar-refractivity contribution in [3.05, 3.63) is 56.2 Å². The maximum absolute atomic E-state index is 12.6. The number of rotatable bonds is 5. The lowest BCUT2D eigenvalue weighted by atomic mass is 10.1. The number of ketones is 1. The largest absolute Gasteiger partial charge is 0.497 e. The molecule has 9 heteroatoms. The maximum Gasteiger partial charge on any atom is 0.338 e. The number of anilines is 1. The summed E-state index contributed by atoms with van der Waals surface area (Å²) in [7, 11) is 4.02. The number of benzene rings is 1. The Morgan fingerprint density at radius 2 is 1.81 bits per heavy atom. The zero-order chi connectivity index (χ0) is 19.6. The zero-order valence-electron chi connectivity index (χ0n) is 14.8. The second kappa shape index (κ2) is 7.26. The predicted octanol–water partition coefficient (Wildman–Crippen LogP) is 0.103. The second-order valence-corrected chi connectivity index (χ2v) is 5.61. The highest BCUT2D eigenvalue weighted by Crippen LogP contribution is 2.15. The number of nitrogen functional groups attached to an aromatic ring is 1. The van der Waals surface area contributed by atoms with E-state index in [4.69, 9.17) is 15.2 Å². The Morgan fingerprint density at radius 1 is 1.15 bits per heavy atom. The summed E-state index contributed by atoms with van der Waals surface area (Å²) in [5, 5.41) is 0. The number of methoxy groups -OCH3 is 1. The normalized spacial score (nSPS) is 11.7. The molecule has 0 spiro atoms. The molecule has 2 N–H and O–H groups in total. The van der Waals surface area contributed by atoms with Gasteiger partial charge in [0.2, 0.25) is 5.78 Å². The second-order valence-electron chi connectivity index (χ2n) is 5.61. The minimum absolute atomic E-state index is 0.185. The third-order valence-electron chi connectivity index (χ3n) is 3.91. The molecule has 1 aromatic heterocycles. The fourth-order valence-corrected chi connectivity index (χ4v) is 2.33. The molecule has 0 fully saturated rings. The van der Waals surface area contributed by atoms with Crippen molar-refractivity contribution >= 4 is 17.6 Å². The number of ether oxygens (including phenoxy) is 2. The van der Waals surface area contributed by atoms with Gasteiger partial charge < -0.3 is 15.2 Å². The van der Waals surface area contributed by atoms with Crippen molar-refractivity contribution in [2.24, 2.45) is 14.1 Å². The van der Waals surface area contributed by atoms with Gasteiger partial charge in [-0.15, -0.1) is 0 Å². The van der Waals surface area contributed by atoms with Gasteiger partial charge in [0.1, 0.15) is 17.1 Å². The van der Waals surface area contributed by atoms with Crippen molar-refractivity contribution in [2.75, 3.05) is 12.8 Å². The van der Waals surface area contributed by atoms with E-state index >= 15 is 0 Å². The van der Waals surface area contributed by atoms with E-state index in [2.05, 4.69) is 0 Å². The van der Waals surface area contributed by atoms with Crippen LogP contribution in [-0.4, -0.2) is 34.1 Å². The van der Waals surface area contributed by atoms with Crippen LogP contribution < -0.4 is 21.7 Å². The molecule has 0 aliphatic rings. The van der Waals surface area contributed by atoms with Crippen LogP contribution in [0.5, 0.6) is 5.75 Å². The average molecular weight is 361 g/mol. The summed E-state index contributed by atoms with van der Waals surface area (Å²) >= 11 is 0. The predicted molar refractivity (Wildman–Crippen MR) is 93.5 cm³/mol. The van der Waals surface area contributed by atoms with Gasteiger partial charge in [-0.1, -0.05) is 6.07 Å². The van der Waals surface area contributed by atoms with Crippen molar-refractivity contribution in [3.8, 4) is 5.75 Å². The summed E-state index contributed by atoms with van der Waals surface area (Å²) in [6, 6.07) is 6.21. The van der Waals surface area contributed by atoms with Crippen LogP contribution in [0.2, 0.25) is 0 Å². The van der Waals surface area contributed by atoms with E-state index in [9.17, 15) is 19.2 Å². The van der Waals surface area contributed by atoms with E-state index in [1.165, 1.54) is 40.3 Å². The number of carbonyl (C=O) groups excluding carboxylic acids is 2. The lowest BCUT2D eigenvalue weighted by Crippen LogP contribution is -2.43. The highest BCUT2D eigenvalue weighted by Gasteiger charge is 2.27. The quantitative estimate of drug-likeness (QED) is 0.592. The highest BCUT2D eigenvalue weighted by atomic mass is 16.5. The molecule has 0 radical (unpaired) electrons. The van der Waals surface area contributed by atoms with E-state index in [0.717, 1.165) is 9.13 Å². The van der Waals surface area contributed by atoms with Crippen LogP contribution in [0.3, 0.4) is 0 Å². The molecular formula is C17H19N3O6. The minimum atomic E-state index is -1.28. The Hall–Kier alpha value is -3.36. The molecule has 0 bridgehead atoms. The third kappa shape index (κ3) is 3.37. The molecule has 1 heterocycles. The summed E-state index contributed by atoms with van der Waals surface area (Å²) in [4.78, 5) is 48.9. The standard InChI is InChI=1S/C17H19N3O6/c1-9(26-16(23)10-6-5-7-11(8-10)25-4)13(21)12-14(18)19(2)17(24)20(3)15(12)22/h5-9H,18H2,1-4H3. The molecule has 9 nitrogen and oxygen atoms in total. The van der Waals surface area contributed by atoms with Crippen molar-refractivity contribution in [1.29, 1.82) is 0 Å². The maximum atomic E-state index is 12.6. The van der Waals surface area contributed by atoms with Gasteiger partial charge in [-0.05, 0) is 25.1 Å². The third-order valence-corrected chi connectivity index (χ3v) is 3.91. The summed E-state index contributed by atoms with van der Waals surface area (Å²) in [5.41, 5.74) is 4.02. The molecule has 0 saturated carbocycles. The number of nitrogens with two attached hydrogens (primary N) is 1. The first kappa shape index (κ1) is 19.0. The molecule has 0 amide bonds. The van der Waals surface area contributed by atoms with Crippen LogP contribution in [-0.2, 0) is 18.8 Å². The number of hydrogen-bond donors (Lipinski definition) is 1. The number of carbonyl (C=O) groups is 2. The molecule has 2 rings (SSSR count). The van der Waals surface area contributed by atoms with Gasteiger partial charge in [0.25, 0.3) is 5.56 Å². The smallest absolute Gasteiger partial charge is 0.338 e. The number of Topliss-reactive ketones (excluding diaryl/α,β-unsaturated/α-hetero) is 1. The molecule has 1 unspecified atom stereocenters. The van der Waals surface area contributed by atoms with E-state index in [1.807, 2.05) is 0 Å². The Kier molecular flexibility index (Phi) is 5.30. The number of nitrogens with zero attached hydrogens (tertiary/aromatic N) is 2. The van der Waals surface area contributed by atoms with E-state index < -0.39 is 34.7 Å². The lowest BCUT2D eigenvalue weighted by Gasteiger charge is -2.15. The fourth-order valence-electron chi connectivity index (χ4n) is 2.33. The first-order chi connectivity index (χ1) is 12.2. The van der Waals surface area contributed by atoms with Crippen LogP contribution >= 0.6 is 0 Å². The Bertz CT molecular complexity index is 989. The van der Waals surface area contributed by atoms with Crippen molar-refractivity contribution in [3.63, 3.8) is 0 Å². The summed E-state index contributed by atoms with van der Waals surface area (Å²) < 4.78 is 11.9. The van der Waals surface area contributed by atoms with Crippen LogP contribution in [0.15, 0.2) is 33.9 Å². The topological polar surface area (TPSA) is 123 Å². The monoisotopic (exact) mass is 361 g/mol. The lowest BCUT2D eigenvalue weighted by molar-refractivity contribution is 0.0318.